The van der Waals surface area contributed by atoms with Crippen LogP contribution in [-0.4, -0.2) is 6.61 Å². The van der Waals surface area contributed by atoms with Crippen LogP contribution in [0.3, 0.4) is 0 Å². The van der Waals surface area contributed by atoms with E-state index >= 15 is 0 Å². The summed E-state index contributed by atoms with van der Waals surface area (Å²) in [5.74, 6) is 1.36. The lowest BCUT2D eigenvalue weighted by molar-refractivity contribution is 0.200. The van der Waals surface area contributed by atoms with Crippen molar-refractivity contribution in [3.8, 4) is 5.75 Å². The Hall–Kier alpha value is -1.80. The largest absolute Gasteiger partial charge is 0.493 e. The van der Waals surface area contributed by atoms with Crippen LogP contribution in [0.15, 0.2) is 48.5 Å². The Kier molecular flexibility index (Phi) is 4.26. The second kappa shape index (κ2) is 6.31. The molecule has 0 amide bonds. The van der Waals surface area contributed by atoms with Crippen molar-refractivity contribution < 1.29 is 4.74 Å². The van der Waals surface area contributed by atoms with E-state index in [1.807, 2.05) is 12.1 Å². The average Bonchev–Trinajstić information content (AvgIpc) is 2.54. The van der Waals surface area contributed by atoms with Crippen molar-refractivity contribution in [2.75, 3.05) is 6.61 Å². The van der Waals surface area contributed by atoms with Crippen molar-refractivity contribution in [2.24, 2.45) is 11.7 Å². The third kappa shape index (κ3) is 3.11. The lowest BCUT2D eigenvalue weighted by Gasteiger charge is -2.30. The number of para-hydroxylation sites is 1. The van der Waals surface area contributed by atoms with Crippen LogP contribution >= 0.6 is 0 Å². The molecule has 1 aliphatic heterocycles. The minimum atomic E-state index is 0.0372. The monoisotopic (exact) mass is 281 g/mol. The van der Waals surface area contributed by atoms with E-state index in [1.165, 1.54) is 23.1 Å². The number of rotatable bonds is 4. The zero-order valence-corrected chi connectivity index (χ0v) is 12.6. The van der Waals surface area contributed by atoms with Crippen LogP contribution in [-0.2, 0) is 12.8 Å². The molecule has 2 atom stereocenters. The number of ether oxygens (including phenoxy) is 1. The van der Waals surface area contributed by atoms with Crippen LogP contribution in [0, 0.1) is 5.92 Å². The molecule has 2 unspecified atom stereocenters. The molecular weight excluding hydrogens is 258 g/mol. The Labute approximate surface area is 126 Å². The molecule has 2 heteroatoms. The fraction of sp³-hybridized carbons (Fsp3) is 0.368. The van der Waals surface area contributed by atoms with Crippen molar-refractivity contribution in [3.05, 3.63) is 65.2 Å². The zero-order chi connectivity index (χ0) is 14.7. The summed E-state index contributed by atoms with van der Waals surface area (Å²) in [4.78, 5) is 0. The quantitative estimate of drug-likeness (QED) is 0.922. The number of fused-ring (bicyclic) bond motifs is 1. The van der Waals surface area contributed by atoms with Gasteiger partial charge in [-0.3, -0.25) is 0 Å². The second-order valence-corrected chi connectivity index (χ2v) is 5.90. The normalized spacial score (nSPS) is 18.7. The minimum Gasteiger partial charge on any atom is -0.493 e. The highest BCUT2D eigenvalue weighted by molar-refractivity contribution is 5.36. The molecule has 3 rings (SSSR count). The molecule has 21 heavy (non-hydrogen) atoms. The van der Waals surface area contributed by atoms with Gasteiger partial charge in [0.1, 0.15) is 5.75 Å². The standard InChI is InChI=1S/C19H23NO/c1-2-6-14-7-5-9-16(11-14)19(20)17-12-15-8-3-4-10-18(15)21-13-17/h3-5,7-11,17,19H,2,6,12-13,20H2,1H3. The molecular formula is C19H23NO. The Morgan fingerprint density at radius 1 is 1.19 bits per heavy atom. The van der Waals surface area contributed by atoms with Gasteiger partial charge in [-0.25, -0.2) is 0 Å². The van der Waals surface area contributed by atoms with E-state index in [0.717, 1.165) is 18.6 Å². The van der Waals surface area contributed by atoms with Gasteiger partial charge in [0.25, 0.3) is 0 Å². The molecule has 0 radical (unpaired) electrons. The predicted octanol–water partition coefficient (Wildman–Crippen LogP) is 3.89. The fourth-order valence-corrected chi connectivity index (χ4v) is 3.10. The summed E-state index contributed by atoms with van der Waals surface area (Å²) >= 11 is 0. The molecule has 1 aliphatic rings. The summed E-state index contributed by atoms with van der Waals surface area (Å²) in [6.45, 7) is 2.91. The van der Waals surface area contributed by atoms with E-state index in [1.54, 1.807) is 0 Å². The lowest BCUT2D eigenvalue weighted by atomic mass is 9.86. The molecule has 0 saturated heterocycles. The number of benzene rings is 2. The van der Waals surface area contributed by atoms with E-state index in [9.17, 15) is 0 Å². The Morgan fingerprint density at radius 3 is 2.90 bits per heavy atom. The van der Waals surface area contributed by atoms with Gasteiger partial charge in [0.2, 0.25) is 0 Å². The molecule has 2 nitrogen and oxygen atoms in total. The SMILES string of the molecule is CCCc1cccc(C(N)C2COc3ccccc3C2)c1. The van der Waals surface area contributed by atoms with E-state index < -0.39 is 0 Å². The van der Waals surface area contributed by atoms with Gasteiger partial charge in [0, 0.05) is 12.0 Å². The van der Waals surface area contributed by atoms with Crippen LogP contribution in [0.5, 0.6) is 5.75 Å². The molecule has 2 aromatic carbocycles. The maximum atomic E-state index is 6.51. The van der Waals surface area contributed by atoms with Crippen LogP contribution < -0.4 is 10.5 Å². The van der Waals surface area contributed by atoms with Gasteiger partial charge in [-0.15, -0.1) is 0 Å². The third-order valence-electron chi connectivity index (χ3n) is 4.29. The molecule has 0 saturated carbocycles. The predicted molar refractivity (Wildman–Crippen MR) is 86.5 cm³/mol. The van der Waals surface area contributed by atoms with Gasteiger partial charge in [0.15, 0.2) is 0 Å². The first kappa shape index (κ1) is 14.2. The minimum absolute atomic E-state index is 0.0372. The van der Waals surface area contributed by atoms with Gasteiger partial charge in [0.05, 0.1) is 6.61 Å². The summed E-state index contributed by atoms with van der Waals surface area (Å²) < 4.78 is 5.88. The lowest BCUT2D eigenvalue weighted by Crippen LogP contribution is -2.31. The first-order valence-electron chi connectivity index (χ1n) is 7.83. The Balaban J connectivity index is 1.77. The zero-order valence-electron chi connectivity index (χ0n) is 12.6. The van der Waals surface area contributed by atoms with E-state index in [0.29, 0.717) is 12.5 Å². The summed E-state index contributed by atoms with van der Waals surface area (Å²) in [7, 11) is 0. The van der Waals surface area contributed by atoms with Crippen LogP contribution in [0.1, 0.15) is 36.1 Å². The van der Waals surface area contributed by atoms with Gasteiger partial charge in [-0.1, -0.05) is 55.8 Å². The van der Waals surface area contributed by atoms with E-state index in [4.69, 9.17) is 10.5 Å². The number of hydrogen-bond donors (Lipinski definition) is 1. The Morgan fingerprint density at radius 2 is 2.05 bits per heavy atom. The summed E-state index contributed by atoms with van der Waals surface area (Å²) in [5.41, 5.74) is 10.4. The molecule has 0 aromatic heterocycles. The topological polar surface area (TPSA) is 35.2 Å². The number of nitrogens with two attached hydrogens (primary N) is 1. The highest BCUT2D eigenvalue weighted by atomic mass is 16.5. The van der Waals surface area contributed by atoms with Crippen molar-refractivity contribution in [3.63, 3.8) is 0 Å². The van der Waals surface area contributed by atoms with Crippen molar-refractivity contribution in [2.45, 2.75) is 32.2 Å². The van der Waals surface area contributed by atoms with Gasteiger partial charge < -0.3 is 10.5 Å². The maximum absolute atomic E-state index is 6.51. The molecule has 110 valence electrons. The van der Waals surface area contributed by atoms with Crippen LogP contribution in [0.4, 0.5) is 0 Å². The summed E-state index contributed by atoms with van der Waals surface area (Å²) in [5, 5.41) is 0. The second-order valence-electron chi connectivity index (χ2n) is 5.90. The molecule has 2 N–H and O–H groups in total. The average molecular weight is 281 g/mol. The van der Waals surface area contributed by atoms with Crippen LogP contribution in [0.25, 0.3) is 0 Å². The molecule has 0 aliphatic carbocycles. The van der Waals surface area contributed by atoms with Gasteiger partial charge in [-0.05, 0) is 35.6 Å². The smallest absolute Gasteiger partial charge is 0.122 e. The first-order chi connectivity index (χ1) is 10.3. The van der Waals surface area contributed by atoms with Gasteiger partial charge >= 0.3 is 0 Å². The third-order valence-corrected chi connectivity index (χ3v) is 4.29. The Bertz CT molecular complexity index is 608. The first-order valence-corrected chi connectivity index (χ1v) is 7.83. The van der Waals surface area contributed by atoms with E-state index in [2.05, 4.69) is 43.3 Å². The maximum Gasteiger partial charge on any atom is 0.122 e. The van der Waals surface area contributed by atoms with Crippen LogP contribution in [0.2, 0.25) is 0 Å². The van der Waals surface area contributed by atoms with Crippen molar-refractivity contribution in [1.82, 2.24) is 0 Å². The number of hydrogen-bond acceptors (Lipinski definition) is 2. The molecule has 0 bridgehead atoms. The molecule has 2 aromatic rings. The molecule has 1 heterocycles. The van der Waals surface area contributed by atoms with E-state index in [-0.39, 0.29) is 6.04 Å². The molecule has 0 spiro atoms. The highest BCUT2D eigenvalue weighted by Gasteiger charge is 2.26. The summed E-state index contributed by atoms with van der Waals surface area (Å²) in [6.07, 6.45) is 3.28. The highest BCUT2D eigenvalue weighted by Crippen LogP contribution is 2.32. The summed E-state index contributed by atoms with van der Waals surface area (Å²) in [6, 6.07) is 17.0. The molecule has 0 fully saturated rings. The van der Waals surface area contributed by atoms with Crippen molar-refractivity contribution >= 4 is 0 Å². The van der Waals surface area contributed by atoms with Crippen molar-refractivity contribution in [1.29, 1.82) is 0 Å². The van der Waals surface area contributed by atoms with Gasteiger partial charge in [-0.2, -0.15) is 0 Å². The number of aryl methyl sites for hydroxylation is 1. The fourth-order valence-electron chi connectivity index (χ4n) is 3.10.